The van der Waals surface area contributed by atoms with Gasteiger partial charge in [0.2, 0.25) is 0 Å². The molecule has 0 saturated carbocycles. The van der Waals surface area contributed by atoms with Crippen LogP contribution in [0.3, 0.4) is 0 Å². The Bertz CT molecular complexity index is 1120. The van der Waals surface area contributed by atoms with Crippen molar-refractivity contribution in [1.82, 2.24) is 9.97 Å². The van der Waals surface area contributed by atoms with E-state index >= 15 is 0 Å². The molecule has 0 fully saturated rings. The van der Waals surface area contributed by atoms with Crippen molar-refractivity contribution in [2.75, 3.05) is 0 Å². The quantitative estimate of drug-likeness (QED) is 0.342. The molecule has 0 radical (unpaired) electrons. The topological polar surface area (TPSA) is 31.6 Å². The summed E-state index contributed by atoms with van der Waals surface area (Å²) < 4.78 is 1.10. The van der Waals surface area contributed by atoms with Gasteiger partial charge in [-0.15, -0.1) is 0 Å². The molecule has 3 heteroatoms. The third kappa shape index (κ3) is 2.47. The molecule has 0 spiro atoms. The molecule has 0 atom stereocenters. The molecule has 0 bridgehead atoms. The van der Waals surface area contributed by atoms with Gasteiger partial charge < -0.3 is 9.97 Å². The van der Waals surface area contributed by atoms with Crippen LogP contribution in [-0.2, 0) is 0 Å². The van der Waals surface area contributed by atoms with E-state index in [1.165, 1.54) is 38.5 Å². The molecule has 0 unspecified atom stereocenters. The Hall–Kier alpha value is -2.78. The normalized spacial score (nSPS) is 11.6. The van der Waals surface area contributed by atoms with Crippen molar-refractivity contribution >= 4 is 37.7 Å². The predicted octanol–water partition coefficient (Wildman–Crippen LogP) is 6.59. The van der Waals surface area contributed by atoms with E-state index in [4.69, 9.17) is 0 Å². The van der Waals surface area contributed by atoms with Crippen LogP contribution in [0.1, 0.15) is 22.6 Å². The number of aromatic nitrogens is 2. The second kappa shape index (κ2) is 6.19. The molecule has 126 valence electrons. The highest BCUT2D eigenvalue weighted by Crippen LogP contribution is 2.39. The number of hydrogen-bond acceptors (Lipinski definition) is 0. The highest BCUT2D eigenvalue weighted by molar-refractivity contribution is 9.10. The van der Waals surface area contributed by atoms with Gasteiger partial charge in [-0.1, -0.05) is 64.5 Å². The van der Waals surface area contributed by atoms with E-state index in [0.29, 0.717) is 0 Å². The van der Waals surface area contributed by atoms with E-state index in [-0.39, 0.29) is 5.92 Å². The number of H-pyrrole nitrogens is 2. The van der Waals surface area contributed by atoms with Crippen molar-refractivity contribution in [3.8, 4) is 0 Å². The Balaban J connectivity index is 1.79. The zero-order valence-electron chi connectivity index (χ0n) is 14.0. The lowest BCUT2D eigenvalue weighted by Gasteiger charge is -2.17. The minimum absolute atomic E-state index is 0.162. The fourth-order valence-electron chi connectivity index (χ4n) is 3.85. The minimum Gasteiger partial charge on any atom is -0.361 e. The summed E-state index contributed by atoms with van der Waals surface area (Å²) in [5, 5.41) is 2.54. The molecule has 5 rings (SSSR count). The van der Waals surface area contributed by atoms with E-state index in [9.17, 15) is 0 Å². The predicted molar refractivity (Wildman–Crippen MR) is 112 cm³/mol. The fourth-order valence-corrected chi connectivity index (χ4v) is 4.11. The van der Waals surface area contributed by atoms with Crippen molar-refractivity contribution in [2.24, 2.45) is 0 Å². The maximum absolute atomic E-state index is 3.56. The molecule has 2 nitrogen and oxygen atoms in total. The summed E-state index contributed by atoms with van der Waals surface area (Å²) in [6, 6.07) is 25.7. The van der Waals surface area contributed by atoms with Gasteiger partial charge in [-0.05, 0) is 41.0 Å². The third-order valence-electron chi connectivity index (χ3n) is 5.07. The van der Waals surface area contributed by atoms with Crippen molar-refractivity contribution in [3.05, 3.63) is 106 Å². The SMILES string of the molecule is Brc1ccc(C(c2c[nH]c3ccccc23)c2c[nH]c3ccccc23)cc1. The van der Waals surface area contributed by atoms with Crippen LogP contribution in [0.4, 0.5) is 0 Å². The molecule has 3 aromatic carbocycles. The number of rotatable bonds is 3. The summed E-state index contributed by atoms with van der Waals surface area (Å²) in [7, 11) is 0. The van der Waals surface area contributed by atoms with Gasteiger partial charge in [-0.2, -0.15) is 0 Å². The van der Waals surface area contributed by atoms with Crippen LogP contribution in [0, 0.1) is 0 Å². The Morgan fingerprint density at radius 1 is 0.615 bits per heavy atom. The summed E-state index contributed by atoms with van der Waals surface area (Å²) in [5.74, 6) is 0.162. The summed E-state index contributed by atoms with van der Waals surface area (Å²) in [5.41, 5.74) is 6.22. The molecule has 2 N–H and O–H groups in total. The van der Waals surface area contributed by atoms with Crippen LogP contribution in [0.2, 0.25) is 0 Å². The average molecular weight is 401 g/mol. The number of aromatic amines is 2. The number of benzene rings is 3. The zero-order chi connectivity index (χ0) is 17.5. The van der Waals surface area contributed by atoms with Crippen LogP contribution in [0.5, 0.6) is 0 Å². The Labute approximate surface area is 160 Å². The van der Waals surface area contributed by atoms with E-state index in [1.54, 1.807) is 0 Å². The lowest BCUT2D eigenvalue weighted by molar-refractivity contribution is 0.997. The minimum atomic E-state index is 0.162. The largest absolute Gasteiger partial charge is 0.361 e. The molecule has 2 aromatic heterocycles. The van der Waals surface area contributed by atoms with Crippen molar-refractivity contribution in [1.29, 1.82) is 0 Å². The van der Waals surface area contributed by atoms with Gasteiger partial charge in [0.25, 0.3) is 0 Å². The second-order valence-corrected chi connectivity index (χ2v) is 7.48. The maximum Gasteiger partial charge on any atom is 0.0457 e. The Morgan fingerprint density at radius 3 is 1.65 bits per heavy atom. The molecular formula is C23H17BrN2. The lowest BCUT2D eigenvalue weighted by atomic mass is 9.85. The molecule has 5 aromatic rings. The highest BCUT2D eigenvalue weighted by atomic mass is 79.9. The summed E-state index contributed by atoms with van der Waals surface area (Å²) in [6.07, 6.45) is 4.30. The monoisotopic (exact) mass is 400 g/mol. The number of nitrogens with one attached hydrogen (secondary N) is 2. The van der Waals surface area contributed by atoms with E-state index in [1.807, 2.05) is 0 Å². The molecule has 0 amide bonds. The maximum atomic E-state index is 3.56. The molecular weight excluding hydrogens is 384 g/mol. The van der Waals surface area contributed by atoms with Crippen LogP contribution in [-0.4, -0.2) is 9.97 Å². The van der Waals surface area contributed by atoms with Crippen LogP contribution >= 0.6 is 15.9 Å². The van der Waals surface area contributed by atoms with Crippen LogP contribution < -0.4 is 0 Å². The van der Waals surface area contributed by atoms with Gasteiger partial charge in [-0.25, -0.2) is 0 Å². The first kappa shape index (κ1) is 15.5. The van der Waals surface area contributed by atoms with Gasteiger partial charge in [0, 0.05) is 44.6 Å². The van der Waals surface area contributed by atoms with Crippen molar-refractivity contribution in [3.63, 3.8) is 0 Å². The standard InChI is InChI=1S/C23H17BrN2/c24-16-11-9-15(10-12-16)23(19-13-25-21-7-3-1-5-17(19)21)20-14-26-22-8-4-2-6-18(20)22/h1-14,23,25-26H. The van der Waals surface area contributed by atoms with E-state index < -0.39 is 0 Å². The van der Waals surface area contributed by atoms with Crippen LogP contribution in [0.25, 0.3) is 21.8 Å². The van der Waals surface area contributed by atoms with E-state index in [2.05, 4.69) is 111 Å². The summed E-state index contributed by atoms with van der Waals surface area (Å²) in [6.45, 7) is 0. The number of halogens is 1. The van der Waals surface area contributed by atoms with Crippen molar-refractivity contribution < 1.29 is 0 Å². The molecule has 0 aliphatic rings. The van der Waals surface area contributed by atoms with Crippen LogP contribution in [0.15, 0.2) is 89.7 Å². The summed E-state index contributed by atoms with van der Waals surface area (Å²) >= 11 is 3.56. The van der Waals surface area contributed by atoms with Gasteiger partial charge in [0.1, 0.15) is 0 Å². The Kier molecular flexibility index (Phi) is 3.68. The third-order valence-corrected chi connectivity index (χ3v) is 5.60. The first-order valence-electron chi connectivity index (χ1n) is 8.69. The van der Waals surface area contributed by atoms with Gasteiger partial charge >= 0.3 is 0 Å². The van der Waals surface area contributed by atoms with E-state index in [0.717, 1.165) is 4.47 Å². The number of hydrogen-bond donors (Lipinski definition) is 2. The van der Waals surface area contributed by atoms with Crippen molar-refractivity contribution in [2.45, 2.75) is 5.92 Å². The smallest absolute Gasteiger partial charge is 0.0457 e. The number of fused-ring (bicyclic) bond motifs is 2. The lowest BCUT2D eigenvalue weighted by Crippen LogP contribution is -2.02. The van der Waals surface area contributed by atoms with Gasteiger partial charge in [0.15, 0.2) is 0 Å². The molecule has 2 heterocycles. The molecule has 0 aliphatic carbocycles. The molecule has 0 saturated heterocycles. The first-order chi connectivity index (χ1) is 12.8. The molecule has 26 heavy (non-hydrogen) atoms. The van der Waals surface area contributed by atoms with Gasteiger partial charge in [-0.3, -0.25) is 0 Å². The number of para-hydroxylation sites is 2. The second-order valence-electron chi connectivity index (χ2n) is 6.56. The fraction of sp³-hybridized carbons (Fsp3) is 0.0435. The first-order valence-corrected chi connectivity index (χ1v) is 9.48. The summed E-state index contributed by atoms with van der Waals surface area (Å²) in [4.78, 5) is 6.88. The molecule has 0 aliphatic heterocycles. The average Bonchev–Trinajstić information content (AvgIpc) is 3.29. The zero-order valence-corrected chi connectivity index (χ0v) is 15.6. The highest BCUT2D eigenvalue weighted by Gasteiger charge is 2.22. The van der Waals surface area contributed by atoms with Gasteiger partial charge in [0.05, 0.1) is 0 Å². The Morgan fingerprint density at radius 2 is 1.12 bits per heavy atom.